The van der Waals surface area contributed by atoms with Crippen molar-refractivity contribution in [2.75, 3.05) is 13.1 Å². The molecule has 4 rings (SSSR count). The van der Waals surface area contributed by atoms with E-state index in [4.69, 9.17) is 4.74 Å². The molecule has 23 heavy (non-hydrogen) atoms. The number of imidazole rings is 1. The molecule has 0 aliphatic carbocycles. The van der Waals surface area contributed by atoms with Crippen LogP contribution in [-0.4, -0.2) is 33.4 Å². The number of fused-ring (bicyclic) bond motifs is 1. The molecular weight excluding hydrogens is 290 g/mol. The first-order valence-electron chi connectivity index (χ1n) is 8.33. The van der Waals surface area contributed by atoms with Crippen LogP contribution in [-0.2, 0) is 17.9 Å². The number of ether oxygens (including phenoxy) is 1. The lowest BCUT2D eigenvalue weighted by molar-refractivity contribution is 0.00231. The van der Waals surface area contributed by atoms with Crippen molar-refractivity contribution in [3.05, 3.63) is 53.6 Å². The van der Waals surface area contributed by atoms with Gasteiger partial charge < -0.3 is 14.2 Å². The quantitative estimate of drug-likeness (QED) is 0.857. The van der Waals surface area contributed by atoms with Crippen LogP contribution >= 0.6 is 0 Å². The average molecular weight is 311 g/mol. The van der Waals surface area contributed by atoms with Crippen molar-refractivity contribution < 1.29 is 9.53 Å². The third-order valence-electron chi connectivity index (χ3n) is 4.75. The van der Waals surface area contributed by atoms with Gasteiger partial charge in [-0.1, -0.05) is 30.3 Å². The third-order valence-corrected chi connectivity index (χ3v) is 4.75. The topological polar surface area (TPSA) is 47.4 Å². The Morgan fingerprint density at radius 2 is 1.91 bits per heavy atom. The molecule has 2 aromatic rings. The van der Waals surface area contributed by atoms with Crippen LogP contribution in [0.2, 0.25) is 0 Å². The van der Waals surface area contributed by atoms with E-state index in [1.807, 2.05) is 23.1 Å². The minimum atomic E-state index is 0.0239. The van der Waals surface area contributed by atoms with E-state index in [1.54, 1.807) is 6.33 Å². The summed E-state index contributed by atoms with van der Waals surface area (Å²) in [5, 5.41) is 0. The summed E-state index contributed by atoms with van der Waals surface area (Å²) in [6.07, 6.45) is 5.21. The molecule has 1 aromatic heterocycles. The van der Waals surface area contributed by atoms with Gasteiger partial charge in [0.1, 0.15) is 6.10 Å². The van der Waals surface area contributed by atoms with Crippen molar-refractivity contribution >= 4 is 5.91 Å². The summed E-state index contributed by atoms with van der Waals surface area (Å²) in [5.74, 6) is 0.0558. The van der Waals surface area contributed by atoms with Gasteiger partial charge in [0, 0.05) is 13.1 Å². The molecule has 2 aliphatic heterocycles. The maximum absolute atomic E-state index is 12.7. The predicted molar refractivity (Wildman–Crippen MR) is 86.0 cm³/mol. The summed E-state index contributed by atoms with van der Waals surface area (Å²) in [6, 6.07) is 10.2. The second kappa shape index (κ2) is 6.16. The predicted octanol–water partition coefficient (Wildman–Crippen LogP) is 2.78. The molecule has 0 spiro atoms. The van der Waals surface area contributed by atoms with E-state index < -0.39 is 0 Å². The van der Waals surface area contributed by atoms with Crippen LogP contribution in [0.25, 0.3) is 0 Å². The summed E-state index contributed by atoms with van der Waals surface area (Å²) < 4.78 is 8.06. The molecule has 1 saturated heterocycles. The van der Waals surface area contributed by atoms with E-state index in [9.17, 15) is 4.79 Å². The molecule has 1 atom stereocenters. The molecule has 1 amide bonds. The number of benzene rings is 1. The summed E-state index contributed by atoms with van der Waals surface area (Å²) in [6.45, 7) is 2.84. The molecule has 1 aromatic carbocycles. The van der Waals surface area contributed by atoms with Crippen LogP contribution in [0.1, 0.15) is 47.1 Å². The number of aromatic nitrogens is 2. The van der Waals surface area contributed by atoms with Gasteiger partial charge in [-0.3, -0.25) is 4.79 Å². The zero-order valence-corrected chi connectivity index (χ0v) is 13.1. The van der Waals surface area contributed by atoms with Crippen LogP contribution in [0, 0.1) is 0 Å². The van der Waals surface area contributed by atoms with Gasteiger partial charge >= 0.3 is 0 Å². The Morgan fingerprint density at radius 3 is 2.70 bits per heavy atom. The zero-order valence-electron chi connectivity index (χ0n) is 13.1. The largest absolute Gasteiger partial charge is 0.365 e. The van der Waals surface area contributed by atoms with Crippen LogP contribution < -0.4 is 0 Å². The fourth-order valence-corrected chi connectivity index (χ4v) is 3.42. The number of carbonyl (C=O) groups is 1. The minimum absolute atomic E-state index is 0.0239. The third kappa shape index (κ3) is 2.77. The van der Waals surface area contributed by atoms with E-state index in [2.05, 4.69) is 21.7 Å². The highest BCUT2D eigenvalue weighted by molar-refractivity contribution is 5.93. The number of piperidine rings is 1. The van der Waals surface area contributed by atoms with Gasteiger partial charge in [-0.15, -0.1) is 0 Å². The van der Waals surface area contributed by atoms with Crippen molar-refractivity contribution in [3.8, 4) is 0 Å². The van der Waals surface area contributed by atoms with E-state index in [0.717, 1.165) is 37.2 Å². The summed E-state index contributed by atoms with van der Waals surface area (Å²) >= 11 is 0. The number of nitrogens with zero attached hydrogens (tertiary/aromatic N) is 3. The number of amides is 1. The Bertz CT molecular complexity index is 690. The zero-order chi connectivity index (χ0) is 15.6. The van der Waals surface area contributed by atoms with Gasteiger partial charge in [0.25, 0.3) is 5.91 Å². The highest BCUT2D eigenvalue weighted by Gasteiger charge is 2.28. The standard InChI is InChI=1S/C18H21N3O2/c22-18(20-9-5-2-6-10-20)17-15-12-23-16(11-21(15)13-19-17)14-7-3-1-4-8-14/h1,3-4,7-8,13,16H,2,5-6,9-12H2. The lowest BCUT2D eigenvalue weighted by Crippen LogP contribution is -2.36. The van der Waals surface area contributed by atoms with Crippen molar-refractivity contribution in [2.24, 2.45) is 0 Å². The molecule has 0 bridgehead atoms. The smallest absolute Gasteiger partial charge is 0.274 e. The Hall–Kier alpha value is -2.14. The second-order valence-corrected chi connectivity index (χ2v) is 6.26. The molecule has 0 radical (unpaired) electrons. The fourth-order valence-electron chi connectivity index (χ4n) is 3.42. The minimum Gasteiger partial charge on any atom is -0.365 e. The SMILES string of the molecule is O=C(c1ncn2c1COC(c1ccccc1)C2)N1CCCCC1. The molecule has 1 fully saturated rings. The van der Waals surface area contributed by atoms with Crippen molar-refractivity contribution in [1.82, 2.24) is 14.5 Å². The maximum Gasteiger partial charge on any atom is 0.274 e. The second-order valence-electron chi connectivity index (χ2n) is 6.26. The molecule has 0 N–H and O–H groups in total. The highest BCUT2D eigenvalue weighted by Crippen LogP contribution is 2.28. The van der Waals surface area contributed by atoms with E-state index in [-0.39, 0.29) is 12.0 Å². The molecule has 2 aliphatic rings. The highest BCUT2D eigenvalue weighted by atomic mass is 16.5. The lowest BCUT2D eigenvalue weighted by Gasteiger charge is -2.28. The van der Waals surface area contributed by atoms with E-state index in [1.165, 1.54) is 6.42 Å². The normalized spacial score (nSPS) is 21.0. The van der Waals surface area contributed by atoms with Gasteiger partial charge in [0.15, 0.2) is 5.69 Å². The number of hydrogen-bond donors (Lipinski definition) is 0. The summed E-state index contributed by atoms with van der Waals surface area (Å²) in [4.78, 5) is 19.0. The van der Waals surface area contributed by atoms with Gasteiger partial charge in [-0.2, -0.15) is 0 Å². The molecule has 1 unspecified atom stereocenters. The van der Waals surface area contributed by atoms with Gasteiger partial charge in [0.05, 0.1) is 25.2 Å². The van der Waals surface area contributed by atoms with Crippen molar-refractivity contribution in [2.45, 2.75) is 38.5 Å². The van der Waals surface area contributed by atoms with Crippen molar-refractivity contribution in [1.29, 1.82) is 0 Å². The number of likely N-dealkylation sites (tertiary alicyclic amines) is 1. The van der Waals surface area contributed by atoms with Gasteiger partial charge in [-0.05, 0) is 24.8 Å². The Balaban J connectivity index is 1.54. The van der Waals surface area contributed by atoms with Crippen LogP contribution in [0.4, 0.5) is 0 Å². The van der Waals surface area contributed by atoms with Gasteiger partial charge in [0.2, 0.25) is 0 Å². The number of hydrogen-bond acceptors (Lipinski definition) is 3. The number of rotatable bonds is 2. The Kier molecular flexibility index (Phi) is 3.87. The average Bonchev–Trinajstić information content (AvgIpc) is 3.05. The van der Waals surface area contributed by atoms with Crippen molar-refractivity contribution in [3.63, 3.8) is 0 Å². The molecule has 0 saturated carbocycles. The molecule has 120 valence electrons. The lowest BCUT2D eigenvalue weighted by atomic mass is 10.1. The van der Waals surface area contributed by atoms with E-state index >= 15 is 0 Å². The van der Waals surface area contributed by atoms with Gasteiger partial charge in [-0.25, -0.2) is 4.98 Å². The van der Waals surface area contributed by atoms with E-state index in [0.29, 0.717) is 18.8 Å². The summed E-state index contributed by atoms with van der Waals surface area (Å²) in [7, 11) is 0. The number of carbonyl (C=O) groups excluding carboxylic acids is 1. The maximum atomic E-state index is 12.7. The molecule has 3 heterocycles. The fraction of sp³-hybridized carbons (Fsp3) is 0.444. The van der Waals surface area contributed by atoms with Crippen LogP contribution in [0.15, 0.2) is 36.7 Å². The monoisotopic (exact) mass is 311 g/mol. The first-order chi connectivity index (χ1) is 11.3. The van der Waals surface area contributed by atoms with Crippen LogP contribution in [0.3, 0.4) is 0 Å². The Labute approximate surface area is 135 Å². The molecule has 5 nitrogen and oxygen atoms in total. The molecular formula is C18H21N3O2. The first kappa shape index (κ1) is 14.5. The van der Waals surface area contributed by atoms with Crippen LogP contribution in [0.5, 0.6) is 0 Å². The first-order valence-corrected chi connectivity index (χ1v) is 8.33. The Morgan fingerprint density at radius 1 is 1.13 bits per heavy atom. The summed E-state index contributed by atoms with van der Waals surface area (Å²) in [5.41, 5.74) is 2.64. The molecule has 5 heteroatoms.